The van der Waals surface area contributed by atoms with E-state index < -0.39 is 6.04 Å². The van der Waals surface area contributed by atoms with Crippen LogP contribution in [-0.4, -0.2) is 50.3 Å². The minimum Gasteiger partial charge on any atom is -0.356 e. The van der Waals surface area contributed by atoms with E-state index in [-0.39, 0.29) is 29.4 Å². The van der Waals surface area contributed by atoms with Crippen LogP contribution in [0.5, 0.6) is 0 Å². The van der Waals surface area contributed by atoms with Crippen LogP contribution in [0.1, 0.15) is 36.8 Å². The summed E-state index contributed by atoms with van der Waals surface area (Å²) < 4.78 is 0. The van der Waals surface area contributed by atoms with Crippen LogP contribution in [0.3, 0.4) is 0 Å². The van der Waals surface area contributed by atoms with Crippen LogP contribution in [0, 0.1) is 0 Å². The molecule has 5 rings (SSSR count). The third kappa shape index (κ3) is 5.29. The fourth-order valence-electron chi connectivity index (χ4n) is 4.19. The Balaban J connectivity index is 1.26. The quantitative estimate of drug-likeness (QED) is 0.206. The van der Waals surface area contributed by atoms with Crippen LogP contribution < -0.4 is 16.2 Å². The highest BCUT2D eigenvalue weighted by Crippen LogP contribution is 2.23. The van der Waals surface area contributed by atoms with Gasteiger partial charge in [-0.25, -0.2) is 0 Å². The van der Waals surface area contributed by atoms with Crippen LogP contribution in [0.4, 0.5) is 0 Å². The van der Waals surface area contributed by atoms with E-state index in [0.717, 1.165) is 16.5 Å². The largest absolute Gasteiger partial charge is 0.356 e. The first-order chi connectivity index (χ1) is 18.0. The Labute approximate surface area is 217 Å². The average molecular weight is 511 g/mol. The van der Waals surface area contributed by atoms with Gasteiger partial charge in [-0.15, -0.1) is 0 Å². The average Bonchev–Trinajstić information content (AvgIpc) is 3.17. The lowest BCUT2D eigenvalue weighted by atomic mass is 10.1. The molecule has 1 aliphatic heterocycles. The Morgan fingerprint density at radius 2 is 1.65 bits per heavy atom. The Morgan fingerprint density at radius 1 is 0.892 bits per heavy atom. The van der Waals surface area contributed by atoms with Gasteiger partial charge in [0.1, 0.15) is 0 Å². The van der Waals surface area contributed by atoms with Crippen molar-refractivity contribution < 1.29 is 14.4 Å². The number of fused-ring (bicyclic) bond motifs is 2. The second-order valence-electron chi connectivity index (χ2n) is 8.48. The highest BCUT2D eigenvalue weighted by Gasteiger charge is 2.36. The lowest BCUT2D eigenvalue weighted by molar-refractivity contribution is 0.0641. The third-order valence-electron chi connectivity index (χ3n) is 5.99. The first-order valence-electron chi connectivity index (χ1n) is 11.6. The number of rotatable bonds is 6. The summed E-state index contributed by atoms with van der Waals surface area (Å²) in [6.45, 7) is 0.0669. The Morgan fingerprint density at radius 3 is 2.38 bits per heavy atom. The van der Waals surface area contributed by atoms with Crippen LogP contribution in [0.25, 0.3) is 10.8 Å². The lowest BCUT2D eigenvalue weighted by Gasteiger charge is -2.25. The van der Waals surface area contributed by atoms with Crippen LogP contribution in [-0.2, 0) is 6.42 Å². The van der Waals surface area contributed by atoms with Gasteiger partial charge in [0.05, 0.1) is 17.2 Å². The fraction of sp³-hybridized carbons (Fsp3) is 0.111. The first-order valence-corrected chi connectivity index (χ1v) is 12.0. The zero-order valence-electron chi connectivity index (χ0n) is 19.5. The summed E-state index contributed by atoms with van der Waals surface area (Å²) in [4.78, 5) is 48.1. The molecule has 3 heterocycles. The number of aromatic nitrogens is 2. The summed E-state index contributed by atoms with van der Waals surface area (Å²) in [7, 11) is 0. The molecule has 0 saturated carbocycles. The number of carbonyl (C=O) groups excluding carboxylic acids is 3. The standard InChI is InChI=1S/C27H22N6O3S/c34-24(18-8-9-19-15-28-12-10-17(19)13-18)31-32-27(37)30-21(14-20-5-3-4-11-29-20)16-33-25(35)22-6-1-2-7-23(22)26(33)36/h1-13,15,21H,14,16H2,(H,31,34)(H2,30,32,37)/t21-/m0/s1. The van der Waals surface area contributed by atoms with E-state index in [2.05, 4.69) is 26.1 Å². The highest BCUT2D eigenvalue weighted by atomic mass is 32.1. The highest BCUT2D eigenvalue weighted by molar-refractivity contribution is 7.80. The maximum atomic E-state index is 12.9. The molecule has 37 heavy (non-hydrogen) atoms. The van der Waals surface area contributed by atoms with Crippen molar-refractivity contribution in [3.8, 4) is 0 Å². The number of hydrogen-bond donors (Lipinski definition) is 3. The number of hydrogen-bond acceptors (Lipinski definition) is 6. The number of imide groups is 1. The topological polar surface area (TPSA) is 116 Å². The molecule has 0 spiro atoms. The Kier molecular flexibility index (Phi) is 6.82. The molecule has 1 atom stereocenters. The summed E-state index contributed by atoms with van der Waals surface area (Å²) in [5.41, 5.74) is 7.26. The van der Waals surface area contributed by atoms with Gasteiger partial charge in [-0.1, -0.05) is 24.3 Å². The molecule has 0 radical (unpaired) electrons. The van der Waals surface area contributed by atoms with E-state index in [4.69, 9.17) is 12.2 Å². The minimum absolute atomic E-state index is 0.0669. The van der Waals surface area contributed by atoms with Gasteiger partial charge in [-0.2, -0.15) is 0 Å². The van der Waals surface area contributed by atoms with E-state index in [1.807, 2.05) is 24.3 Å². The molecule has 0 saturated heterocycles. The minimum atomic E-state index is -0.456. The number of carbonyl (C=O) groups is 3. The maximum Gasteiger partial charge on any atom is 0.269 e. The molecule has 0 bridgehead atoms. The zero-order chi connectivity index (χ0) is 25.8. The van der Waals surface area contributed by atoms with Crippen LogP contribution in [0.2, 0.25) is 0 Å². The van der Waals surface area contributed by atoms with E-state index in [1.54, 1.807) is 61.1 Å². The van der Waals surface area contributed by atoms with Crippen LogP contribution in [0.15, 0.2) is 85.3 Å². The predicted molar refractivity (Wildman–Crippen MR) is 142 cm³/mol. The molecule has 2 aromatic carbocycles. The smallest absolute Gasteiger partial charge is 0.269 e. The van der Waals surface area contributed by atoms with E-state index >= 15 is 0 Å². The van der Waals surface area contributed by atoms with Crippen molar-refractivity contribution in [1.29, 1.82) is 0 Å². The van der Waals surface area contributed by atoms with Crippen molar-refractivity contribution in [1.82, 2.24) is 31.0 Å². The fourth-order valence-corrected chi connectivity index (χ4v) is 4.41. The summed E-state index contributed by atoms with van der Waals surface area (Å²) in [6.07, 6.45) is 5.45. The molecule has 0 unspecified atom stereocenters. The van der Waals surface area contributed by atoms with Gasteiger partial charge >= 0.3 is 0 Å². The molecule has 184 valence electrons. The summed E-state index contributed by atoms with van der Waals surface area (Å²) in [5, 5.41) is 5.06. The van der Waals surface area contributed by atoms with E-state index in [9.17, 15) is 14.4 Å². The predicted octanol–water partition coefficient (Wildman–Crippen LogP) is 2.65. The third-order valence-corrected chi connectivity index (χ3v) is 6.21. The maximum absolute atomic E-state index is 12.9. The Bertz CT molecular complexity index is 1480. The molecule has 10 heteroatoms. The molecule has 0 aliphatic carbocycles. The molecule has 0 fully saturated rings. The van der Waals surface area contributed by atoms with Gasteiger partial charge in [0.2, 0.25) is 0 Å². The monoisotopic (exact) mass is 510 g/mol. The number of benzene rings is 2. The number of nitrogens with one attached hydrogen (secondary N) is 3. The van der Waals surface area contributed by atoms with Crippen molar-refractivity contribution >= 4 is 45.8 Å². The molecule has 3 N–H and O–H groups in total. The van der Waals surface area contributed by atoms with Crippen molar-refractivity contribution in [3.05, 3.63) is 108 Å². The van der Waals surface area contributed by atoms with E-state index in [1.165, 1.54) is 4.90 Å². The number of hydrazine groups is 1. The van der Waals surface area contributed by atoms with Gasteiger partial charge in [-0.05, 0) is 60.1 Å². The van der Waals surface area contributed by atoms with Crippen molar-refractivity contribution in [2.45, 2.75) is 12.5 Å². The van der Waals surface area contributed by atoms with Crippen LogP contribution >= 0.6 is 12.2 Å². The number of thiocarbonyl (C=S) groups is 1. The van der Waals surface area contributed by atoms with Gasteiger partial charge in [-0.3, -0.25) is 40.1 Å². The number of pyridine rings is 2. The van der Waals surface area contributed by atoms with Crippen molar-refractivity contribution in [2.75, 3.05) is 6.54 Å². The molecule has 3 amide bonds. The number of nitrogens with zero attached hydrogens (tertiary/aromatic N) is 3. The molecular weight excluding hydrogens is 488 g/mol. The first kappa shape index (κ1) is 24.0. The van der Waals surface area contributed by atoms with Gasteiger partial charge in [0, 0.05) is 48.2 Å². The van der Waals surface area contributed by atoms with Gasteiger partial charge in [0.15, 0.2) is 5.11 Å². The second-order valence-corrected chi connectivity index (χ2v) is 8.89. The zero-order valence-corrected chi connectivity index (χ0v) is 20.4. The summed E-state index contributed by atoms with van der Waals surface area (Å²) in [5.74, 6) is -1.08. The van der Waals surface area contributed by atoms with Crippen molar-refractivity contribution in [3.63, 3.8) is 0 Å². The number of amides is 3. The van der Waals surface area contributed by atoms with Crippen molar-refractivity contribution in [2.24, 2.45) is 0 Å². The normalized spacial score (nSPS) is 13.2. The van der Waals surface area contributed by atoms with Gasteiger partial charge < -0.3 is 5.32 Å². The molecule has 4 aromatic rings. The van der Waals surface area contributed by atoms with Gasteiger partial charge in [0.25, 0.3) is 17.7 Å². The molecule has 9 nitrogen and oxygen atoms in total. The van der Waals surface area contributed by atoms with E-state index in [0.29, 0.717) is 23.1 Å². The second kappa shape index (κ2) is 10.5. The Hall–Kier alpha value is -4.70. The molecule has 1 aliphatic rings. The molecule has 2 aromatic heterocycles. The summed E-state index contributed by atoms with van der Waals surface area (Å²) >= 11 is 5.41. The lowest BCUT2D eigenvalue weighted by Crippen LogP contribution is -2.53. The SMILES string of the molecule is O=C(NNC(=S)N[C@@H](Cc1ccccn1)CN1C(=O)c2ccccc2C1=O)c1ccc2cnccc2c1. The molecular formula is C27H22N6O3S. The summed E-state index contributed by atoms with van der Waals surface area (Å²) in [6, 6.07) is 18.9.